The number of H-pyrrole nitrogens is 1. The van der Waals surface area contributed by atoms with Gasteiger partial charge in [-0.2, -0.15) is 4.31 Å². The van der Waals surface area contributed by atoms with Crippen LogP contribution in [0, 0.1) is 5.82 Å². The first-order chi connectivity index (χ1) is 18.7. The number of carbonyl (C=O) groups excluding carboxylic acids is 3. The molecule has 0 radical (unpaired) electrons. The molecule has 3 aromatic carbocycles. The molecule has 1 aliphatic rings. The molecule has 1 aliphatic heterocycles. The standard InChI is InChI=1S/C28H24FN3O6S/c1-38-28(35)18-6-10-21(11-7-18)32-26(33)16-25(27(32)34)31(39(36,37)22-12-8-20(29)9-13-22)15-14-19-17-30-24-5-3-2-4-23(19)24/h2-13,17,25,30H,14-16H2,1H3. The summed E-state index contributed by atoms with van der Waals surface area (Å²) in [4.78, 5) is 42.3. The number of amides is 2. The molecule has 5 rings (SSSR count). The van der Waals surface area contributed by atoms with E-state index in [9.17, 15) is 27.2 Å². The van der Waals surface area contributed by atoms with Crippen LogP contribution in [0.1, 0.15) is 22.3 Å². The highest BCUT2D eigenvalue weighted by atomic mass is 32.2. The maximum atomic E-state index is 13.8. The number of hydrogen-bond donors (Lipinski definition) is 1. The number of anilines is 1. The maximum absolute atomic E-state index is 13.8. The highest BCUT2D eigenvalue weighted by Gasteiger charge is 2.46. The second-order valence-electron chi connectivity index (χ2n) is 9.00. The summed E-state index contributed by atoms with van der Waals surface area (Å²) in [6.07, 6.45) is 1.67. The number of para-hydroxylation sites is 1. The smallest absolute Gasteiger partial charge is 0.337 e. The van der Waals surface area contributed by atoms with Gasteiger partial charge >= 0.3 is 5.97 Å². The van der Waals surface area contributed by atoms with Crippen LogP contribution in [0.4, 0.5) is 10.1 Å². The van der Waals surface area contributed by atoms with Crippen molar-refractivity contribution in [1.29, 1.82) is 0 Å². The molecule has 9 nitrogen and oxygen atoms in total. The summed E-state index contributed by atoms with van der Waals surface area (Å²) in [7, 11) is -3.06. The number of aromatic amines is 1. The van der Waals surface area contributed by atoms with Crippen LogP contribution in [0.2, 0.25) is 0 Å². The van der Waals surface area contributed by atoms with Gasteiger partial charge in [0.05, 0.1) is 29.7 Å². The van der Waals surface area contributed by atoms with Crippen LogP contribution in [0.15, 0.2) is 83.9 Å². The van der Waals surface area contributed by atoms with E-state index in [1.165, 1.54) is 31.4 Å². The number of nitrogens with zero attached hydrogens (tertiary/aromatic N) is 2. The number of rotatable bonds is 8. The number of carbonyl (C=O) groups is 3. The van der Waals surface area contributed by atoms with Gasteiger partial charge in [-0.05, 0) is 66.6 Å². The number of imide groups is 1. The van der Waals surface area contributed by atoms with E-state index in [-0.39, 0.29) is 35.5 Å². The zero-order valence-electron chi connectivity index (χ0n) is 20.8. The van der Waals surface area contributed by atoms with E-state index in [0.29, 0.717) is 0 Å². The molecule has 200 valence electrons. The van der Waals surface area contributed by atoms with Gasteiger partial charge in [0.25, 0.3) is 5.91 Å². The highest BCUT2D eigenvalue weighted by molar-refractivity contribution is 7.89. The second kappa shape index (κ2) is 10.4. The summed E-state index contributed by atoms with van der Waals surface area (Å²) >= 11 is 0. The van der Waals surface area contributed by atoms with Crippen LogP contribution >= 0.6 is 0 Å². The molecule has 1 atom stereocenters. The highest BCUT2D eigenvalue weighted by Crippen LogP contribution is 2.30. The molecule has 1 aromatic heterocycles. The van der Waals surface area contributed by atoms with Crippen LogP contribution in [0.25, 0.3) is 10.9 Å². The predicted octanol–water partition coefficient (Wildman–Crippen LogP) is 3.66. The van der Waals surface area contributed by atoms with Gasteiger partial charge in [0, 0.05) is 23.6 Å². The van der Waals surface area contributed by atoms with Crippen molar-refractivity contribution < 1.29 is 31.9 Å². The number of nitrogens with one attached hydrogen (secondary N) is 1. The number of methoxy groups -OCH3 is 1. The van der Waals surface area contributed by atoms with E-state index in [1.54, 1.807) is 6.20 Å². The quantitative estimate of drug-likeness (QED) is 0.265. The Morgan fingerprint density at radius 1 is 1.05 bits per heavy atom. The zero-order valence-corrected chi connectivity index (χ0v) is 21.7. The number of halogens is 1. The van der Waals surface area contributed by atoms with Crippen LogP contribution < -0.4 is 4.90 Å². The molecular formula is C28H24FN3O6S. The minimum Gasteiger partial charge on any atom is -0.465 e. The largest absolute Gasteiger partial charge is 0.465 e. The number of sulfonamides is 1. The Bertz CT molecular complexity index is 1670. The Morgan fingerprint density at radius 3 is 2.44 bits per heavy atom. The Morgan fingerprint density at radius 2 is 1.74 bits per heavy atom. The molecule has 0 bridgehead atoms. The lowest BCUT2D eigenvalue weighted by Gasteiger charge is -2.27. The summed E-state index contributed by atoms with van der Waals surface area (Å²) in [5, 5.41) is 0.915. The van der Waals surface area contributed by atoms with E-state index < -0.39 is 39.7 Å². The Kier molecular flexibility index (Phi) is 7.02. The molecule has 1 N–H and O–H groups in total. The van der Waals surface area contributed by atoms with Crippen LogP contribution in [0.3, 0.4) is 0 Å². The van der Waals surface area contributed by atoms with Crippen molar-refractivity contribution in [1.82, 2.24) is 9.29 Å². The van der Waals surface area contributed by atoms with Crippen molar-refractivity contribution in [2.45, 2.75) is 23.8 Å². The van der Waals surface area contributed by atoms with Crippen molar-refractivity contribution >= 4 is 44.4 Å². The maximum Gasteiger partial charge on any atom is 0.337 e. The van der Waals surface area contributed by atoms with Gasteiger partial charge in [-0.3, -0.25) is 9.59 Å². The molecule has 0 aliphatic carbocycles. The topological polar surface area (TPSA) is 117 Å². The lowest BCUT2D eigenvalue weighted by atomic mass is 10.1. The number of hydrogen-bond acceptors (Lipinski definition) is 6. The SMILES string of the molecule is COC(=O)c1ccc(N2C(=O)CC(N(CCc3c[nH]c4ccccc34)S(=O)(=O)c3ccc(F)cc3)C2=O)cc1. The minimum absolute atomic E-state index is 0.0969. The first kappa shape index (κ1) is 26.3. The van der Waals surface area contributed by atoms with Crippen molar-refractivity contribution in [3.05, 3.63) is 95.9 Å². The van der Waals surface area contributed by atoms with Crippen LogP contribution in [-0.2, 0) is 30.8 Å². The van der Waals surface area contributed by atoms with E-state index >= 15 is 0 Å². The molecule has 1 fully saturated rings. The molecule has 2 amide bonds. The van der Waals surface area contributed by atoms with Crippen LogP contribution in [0.5, 0.6) is 0 Å². The van der Waals surface area contributed by atoms with E-state index in [1.807, 2.05) is 24.3 Å². The number of fused-ring (bicyclic) bond motifs is 1. The summed E-state index contributed by atoms with van der Waals surface area (Å²) in [6, 6.07) is 16.3. The third-order valence-electron chi connectivity index (χ3n) is 6.71. The average Bonchev–Trinajstić information content (AvgIpc) is 3.48. The van der Waals surface area contributed by atoms with Gasteiger partial charge in [0.2, 0.25) is 15.9 Å². The third-order valence-corrected chi connectivity index (χ3v) is 8.64. The Labute approximate surface area is 223 Å². The normalized spacial score (nSPS) is 15.9. The molecule has 2 heterocycles. The van der Waals surface area contributed by atoms with Gasteiger partial charge in [-0.15, -0.1) is 0 Å². The van der Waals surface area contributed by atoms with Gasteiger partial charge in [0.1, 0.15) is 11.9 Å². The summed E-state index contributed by atoms with van der Waals surface area (Å²) in [5.74, 6) is -2.47. The van der Waals surface area contributed by atoms with Crippen molar-refractivity contribution in [2.75, 3.05) is 18.6 Å². The van der Waals surface area contributed by atoms with E-state index in [4.69, 9.17) is 0 Å². The summed E-state index contributed by atoms with van der Waals surface area (Å²) in [6.45, 7) is -0.0969. The first-order valence-electron chi connectivity index (χ1n) is 12.1. The van der Waals surface area contributed by atoms with E-state index in [0.717, 1.165) is 49.9 Å². The van der Waals surface area contributed by atoms with Gasteiger partial charge in [0.15, 0.2) is 0 Å². The molecule has 1 saturated heterocycles. The minimum atomic E-state index is -4.30. The average molecular weight is 550 g/mol. The van der Waals surface area contributed by atoms with E-state index in [2.05, 4.69) is 9.72 Å². The summed E-state index contributed by atoms with van der Waals surface area (Å²) < 4.78 is 46.8. The van der Waals surface area contributed by atoms with Crippen molar-refractivity contribution in [3.8, 4) is 0 Å². The fourth-order valence-electron chi connectivity index (χ4n) is 4.73. The number of benzene rings is 3. The Balaban J connectivity index is 1.48. The molecule has 1 unspecified atom stereocenters. The predicted molar refractivity (Wildman–Crippen MR) is 141 cm³/mol. The third kappa shape index (κ3) is 4.93. The molecule has 39 heavy (non-hydrogen) atoms. The van der Waals surface area contributed by atoms with Gasteiger partial charge < -0.3 is 9.72 Å². The fourth-order valence-corrected chi connectivity index (χ4v) is 6.31. The van der Waals surface area contributed by atoms with Gasteiger partial charge in [-0.1, -0.05) is 18.2 Å². The first-order valence-corrected chi connectivity index (χ1v) is 13.5. The summed E-state index contributed by atoms with van der Waals surface area (Å²) in [5.41, 5.74) is 2.16. The monoisotopic (exact) mass is 549 g/mol. The van der Waals surface area contributed by atoms with Crippen molar-refractivity contribution in [2.24, 2.45) is 0 Å². The Hall–Kier alpha value is -4.35. The number of ether oxygens (including phenoxy) is 1. The lowest BCUT2D eigenvalue weighted by molar-refractivity contribution is -0.122. The van der Waals surface area contributed by atoms with Crippen molar-refractivity contribution in [3.63, 3.8) is 0 Å². The molecule has 0 spiro atoms. The van der Waals surface area contributed by atoms with Gasteiger partial charge in [-0.25, -0.2) is 22.5 Å². The molecular weight excluding hydrogens is 525 g/mol. The zero-order chi connectivity index (χ0) is 27.7. The molecule has 4 aromatic rings. The molecule has 11 heteroatoms. The van der Waals surface area contributed by atoms with Crippen LogP contribution in [-0.4, -0.2) is 55.2 Å². The fraction of sp³-hybridized carbons (Fsp3) is 0.179. The number of aromatic nitrogens is 1. The molecule has 0 saturated carbocycles. The number of esters is 1. The lowest BCUT2D eigenvalue weighted by Crippen LogP contribution is -2.46. The second-order valence-corrected chi connectivity index (χ2v) is 10.9.